The summed E-state index contributed by atoms with van der Waals surface area (Å²) in [5.41, 5.74) is 0.928. The van der Waals surface area contributed by atoms with Crippen LogP contribution in [0.25, 0.3) is 0 Å². The quantitative estimate of drug-likeness (QED) is 0.838. The van der Waals surface area contributed by atoms with E-state index < -0.39 is 0 Å². The fraction of sp³-hybridized carbons (Fsp3) is 0.533. The maximum atomic E-state index is 12.8. The first-order valence-electron chi connectivity index (χ1n) is 6.87. The molecule has 1 atom stereocenters. The predicted octanol–water partition coefficient (Wildman–Crippen LogP) is 1.50. The molecule has 1 aliphatic heterocycles. The van der Waals surface area contributed by atoms with Gasteiger partial charge >= 0.3 is 0 Å². The molecule has 0 spiro atoms. The molecule has 1 aliphatic rings. The Morgan fingerprint density at radius 1 is 1.45 bits per heavy atom. The van der Waals surface area contributed by atoms with Gasteiger partial charge < -0.3 is 9.64 Å². The molecule has 110 valence electrons. The number of rotatable bonds is 4. The molecule has 0 aliphatic carbocycles. The molecule has 4 nitrogen and oxygen atoms in total. The van der Waals surface area contributed by atoms with Gasteiger partial charge in [0.15, 0.2) is 0 Å². The first-order valence-corrected chi connectivity index (χ1v) is 6.87. The van der Waals surface area contributed by atoms with Crippen LogP contribution in [0.15, 0.2) is 24.3 Å². The van der Waals surface area contributed by atoms with Gasteiger partial charge in [0.05, 0.1) is 19.3 Å². The summed E-state index contributed by atoms with van der Waals surface area (Å²) >= 11 is 0. The lowest BCUT2D eigenvalue weighted by atomic mass is 10.2. The average Bonchev–Trinajstić information content (AvgIpc) is 2.41. The topological polar surface area (TPSA) is 32.8 Å². The number of amides is 1. The van der Waals surface area contributed by atoms with Crippen molar-refractivity contribution in [3.63, 3.8) is 0 Å². The van der Waals surface area contributed by atoms with Crippen molar-refractivity contribution in [3.05, 3.63) is 35.6 Å². The molecule has 1 aromatic carbocycles. The number of hydrogen-bond acceptors (Lipinski definition) is 3. The molecule has 0 saturated carbocycles. The van der Waals surface area contributed by atoms with E-state index in [1.165, 1.54) is 12.1 Å². The normalized spacial score (nSPS) is 19.9. The number of hydrogen-bond donors (Lipinski definition) is 0. The minimum atomic E-state index is -0.259. The molecule has 0 radical (unpaired) electrons. The van der Waals surface area contributed by atoms with Crippen LogP contribution in [0, 0.1) is 5.82 Å². The minimum absolute atomic E-state index is 0.0726. The molecule has 1 heterocycles. The second-order valence-corrected chi connectivity index (χ2v) is 5.29. The highest BCUT2D eigenvalue weighted by Crippen LogP contribution is 2.08. The molecule has 1 unspecified atom stereocenters. The van der Waals surface area contributed by atoms with Crippen molar-refractivity contribution >= 4 is 5.91 Å². The predicted molar refractivity (Wildman–Crippen MR) is 74.7 cm³/mol. The first-order chi connectivity index (χ1) is 9.54. The van der Waals surface area contributed by atoms with E-state index in [0.29, 0.717) is 19.7 Å². The van der Waals surface area contributed by atoms with Crippen LogP contribution in [0.1, 0.15) is 12.5 Å². The molecule has 20 heavy (non-hydrogen) atoms. The molecule has 1 saturated heterocycles. The molecular weight excluding hydrogens is 259 g/mol. The van der Waals surface area contributed by atoms with Crippen LogP contribution in [0.5, 0.6) is 0 Å². The number of morpholine rings is 1. The monoisotopic (exact) mass is 280 g/mol. The summed E-state index contributed by atoms with van der Waals surface area (Å²) in [4.78, 5) is 15.9. The van der Waals surface area contributed by atoms with Gasteiger partial charge in [-0.2, -0.15) is 0 Å². The number of carbonyl (C=O) groups excluding carboxylic acids is 1. The number of benzene rings is 1. The fourth-order valence-electron chi connectivity index (χ4n) is 2.30. The molecule has 5 heteroatoms. The highest BCUT2D eigenvalue weighted by atomic mass is 19.1. The van der Waals surface area contributed by atoms with E-state index >= 15 is 0 Å². The number of halogens is 1. The summed E-state index contributed by atoms with van der Waals surface area (Å²) in [6.45, 7) is 5.18. The van der Waals surface area contributed by atoms with Crippen molar-refractivity contribution < 1.29 is 13.9 Å². The smallest absolute Gasteiger partial charge is 0.236 e. The van der Waals surface area contributed by atoms with Crippen molar-refractivity contribution in [2.75, 3.05) is 33.3 Å². The molecular formula is C15H21FN2O2. The lowest BCUT2D eigenvalue weighted by Crippen LogP contribution is -2.46. The average molecular weight is 280 g/mol. The maximum Gasteiger partial charge on any atom is 0.236 e. The molecule has 1 fully saturated rings. The van der Waals surface area contributed by atoms with Gasteiger partial charge in [0, 0.05) is 26.7 Å². The standard InChI is InChI=1S/C15H21FN2O2/c1-12-9-18(7-8-20-12)11-15(19)17(2)10-13-3-5-14(16)6-4-13/h3-6,12H,7-11H2,1-2H3. The van der Waals surface area contributed by atoms with E-state index in [4.69, 9.17) is 4.74 Å². The van der Waals surface area contributed by atoms with Crippen LogP contribution in [0.3, 0.4) is 0 Å². The largest absolute Gasteiger partial charge is 0.376 e. The summed E-state index contributed by atoms with van der Waals surface area (Å²) in [5, 5.41) is 0. The van der Waals surface area contributed by atoms with Crippen LogP contribution >= 0.6 is 0 Å². The van der Waals surface area contributed by atoms with Gasteiger partial charge in [0.2, 0.25) is 5.91 Å². The van der Waals surface area contributed by atoms with Gasteiger partial charge in [-0.25, -0.2) is 4.39 Å². The Morgan fingerprint density at radius 3 is 2.80 bits per heavy atom. The van der Waals surface area contributed by atoms with Gasteiger partial charge in [0.1, 0.15) is 5.82 Å². The summed E-state index contributed by atoms with van der Waals surface area (Å²) in [6.07, 6.45) is 0.180. The van der Waals surface area contributed by atoms with Crippen molar-refractivity contribution in [2.24, 2.45) is 0 Å². The number of likely N-dealkylation sites (N-methyl/N-ethyl adjacent to an activating group) is 1. The lowest BCUT2D eigenvalue weighted by molar-refractivity contribution is -0.133. The van der Waals surface area contributed by atoms with E-state index in [0.717, 1.165) is 18.7 Å². The van der Waals surface area contributed by atoms with E-state index in [1.807, 2.05) is 6.92 Å². The Labute approximate surface area is 119 Å². The van der Waals surface area contributed by atoms with Gasteiger partial charge in [0.25, 0.3) is 0 Å². The molecule has 2 rings (SSSR count). The SMILES string of the molecule is CC1CN(CC(=O)N(C)Cc2ccc(F)cc2)CCO1. The van der Waals surface area contributed by atoms with Gasteiger partial charge in [-0.3, -0.25) is 9.69 Å². The molecule has 0 bridgehead atoms. The summed E-state index contributed by atoms with van der Waals surface area (Å²) < 4.78 is 18.3. The van der Waals surface area contributed by atoms with Gasteiger partial charge in [-0.1, -0.05) is 12.1 Å². The lowest BCUT2D eigenvalue weighted by Gasteiger charge is -2.31. The Balaban J connectivity index is 1.83. The molecule has 1 amide bonds. The summed E-state index contributed by atoms with van der Waals surface area (Å²) in [5.74, 6) is -0.187. The van der Waals surface area contributed by atoms with E-state index in [1.54, 1.807) is 24.1 Å². The van der Waals surface area contributed by atoms with Crippen LogP contribution in [0.4, 0.5) is 4.39 Å². The second kappa shape index (κ2) is 6.81. The van der Waals surface area contributed by atoms with Crippen molar-refractivity contribution in [1.82, 2.24) is 9.80 Å². The number of ether oxygens (including phenoxy) is 1. The van der Waals surface area contributed by atoms with Crippen LogP contribution < -0.4 is 0 Å². The number of nitrogens with zero attached hydrogens (tertiary/aromatic N) is 2. The summed E-state index contributed by atoms with van der Waals surface area (Å²) in [7, 11) is 1.77. The van der Waals surface area contributed by atoms with Crippen LogP contribution in [-0.2, 0) is 16.1 Å². The molecule has 0 aromatic heterocycles. The minimum Gasteiger partial charge on any atom is -0.376 e. The van der Waals surface area contributed by atoms with Crippen molar-refractivity contribution in [1.29, 1.82) is 0 Å². The maximum absolute atomic E-state index is 12.8. The zero-order valence-corrected chi connectivity index (χ0v) is 12.0. The van der Waals surface area contributed by atoms with Crippen LogP contribution in [-0.4, -0.2) is 55.1 Å². The van der Waals surface area contributed by atoms with E-state index in [9.17, 15) is 9.18 Å². The first kappa shape index (κ1) is 14.9. The third-order valence-corrected chi connectivity index (χ3v) is 3.44. The highest BCUT2D eigenvalue weighted by molar-refractivity contribution is 5.78. The molecule has 1 aromatic rings. The Hall–Kier alpha value is -1.46. The van der Waals surface area contributed by atoms with Crippen molar-refractivity contribution in [3.8, 4) is 0 Å². The Kier molecular flexibility index (Phi) is 5.09. The Bertz CT molecular complexity index is 450. The van der Waals surface area contributed by atoms with E-state index in [-0.39, 0.29) is 17.8 Å². The summed E-state index contributed by atoms with van der Waals surface area (Å²) in [6, 6.07) is 6.24. The fourth-order valence-corrected chi connectivity index (χ4v) is 2.30. The zero-order valence-electron chi connectivity index (χ0n) is 12.0. The zero-order chi connectivity index (χ0) is 14.5. The number of carbonyl (C=O) groups is 1. The Morgan fingerprint density at radius 2 is 2.15 bits per heavy atom. The highest BCUT2D eigenvalue weighted by Gasteiger charge is 2.20. The second-order valence-electron chi connectivity index (χ2n) is 5.29. The third-order valence-electron chi connectivity index (χ3n) is 3.44. The third kappa shape index (κ3) is 4.28. The van der Waals surface area contributed by atoms with E-state index in [2.05, 4.69) is 4.90 Å². The molecule has 0 N–H and O–H groups in total. The van der Waals surface area contributed by atoms with Gasteiger partial charge in [-0.05, 0) is 24.6 Å². The van der Waals surface area contributed by atoms with Crippen LogP contribution in [0.2, 0.25) is 0 Å². The van der Waals surface area contributed by atoms with Gasteiger partial charge in [-0.15, -0.1) is 0 Å². The van der Waals surface area contributed by atoms with Crippen molar-refractivity contribution in [2.45, 2.75) is 19.6 Å².